The first-order valence-electron chi connectivity index (χ1n) is 5.47. The first kappa shape index (κ1) is 15.3. The topological polar surface area (TPSA) is 61.8 Å². The van der Waals surface area contributed by atoms with Gasteiger partial charge >= 0.3 is 0 Å². The third kappa shape index (κ3) is 6.76. The van der Waals surface area contributed by atoms with Crippen molar-refractivity contribution in [2.24, 2.45) is 0 Å². The standard InChI is InChI=1S/C11H24N2O3/c1-9(10(14)12-6-7-16-5)13(4)8-11(2,3)15/h9,15H,6-8H2,1-5H3,(H,12,14). The van der Waals surface area contributed by atoms with Gasteiger partial charge in [-0.2, -0.15) is 0 Å². The second-order valence-corrected chi connectivity index (χ2v) is 4.69. The van der Waals surface area contributed by atoms with Crippen molar-refractivity contribution < 1.29 is 14.6 Å². The molecule has 0 aliphatic heterocycles. The summed E-state index contributed by atoms with van der Waals surface area (Å²) >= 11 is 0. The molecule has 0 spiro atoms. The molecular formula is C11H24N2O3. The second kappa shape index (κ2) is 6.83. The molecule has 1 atom stereocenters. The van der Waals surface area contributed by atoms with Crippen LogP contribution in [0.25, 0.3) is 0 Å². The van der Waals surface area contributed by atoms with Crippen LogP contribution in [0.3, 0.4) is 0 Å². The SMILES string of the molecule is COCCNC(=O)C(C)N(C)CC(C)(C)O. The Morgan fingerprint density at radius 3 is 2.56 bits per heavy atom. The maximum Gasteiger partial charge on any atom is 0.237 e. The molecule has 0 radical (unpaired) electrons. The maximum absolute atomic E-state index is 11.7. The molecule has 5 heteroatoms. The van der Waals surface area contributed by atoms with Crippen LogP contribution in [0.5, 0.6) is 0 Å². The number of ether oxygens (including phenoxy) is 1. The largest absolute Gasteiger partial charge is 0.389 e. The Morgan fingerprint density at radius 2 is 2.12 bits per heavy atom. The van der Waals surface area contributed by atoms with E-state index in [2.05, 4.69) is 5.32 Å². The molecule has 0 aromatic carbocycles. The van der Waals surface area contributed by atoms with Crippen LogP contribution in [0.15, 0.2) is 0 Å². The first-order valence-corrected chi connectivity index (χ1v) is 5.47. The molecule has 0 saturated carbocycles. The number of methoxy groups -OCH3 is 1. The van der Waals surface area contributed by atoms with E-state index in [0.717, 1.165) is 0 Å². The first-order chi connectivity index (χ1) is 7.28. The highest BCUT2D eigenvalue weighted by Gasteiger charge is 2.23. The van der Waals surface area contributed by atoms with Crippen LogP contribution in [0.1, 0.15) is 20.8 Å². The Bertz CT molecular complexity index is 214. The minimum Gasteiger partial charge on any atom is -0.389 e. The Hall–Kier alpha value is -0.650. The molecule has 1 unspecified atom stereocenters. The summed E-state index contributed by atoms with van der Waals surface area (Å²) in [6.45, 7) is 6.72. The molecule has 0 saturated heterocycles. The number of hydrogen-bond acceptors (Lipinski definition) is 4. The van der Waals surface area contributed by atoms with E-state index in [1.807, 2.05) is 18.9 Å². The van der Waals surface area contributed by atoms with Crippen LogP contribution in [0.4, 0.5) is 0 Å². The number of carbonyl (C=O) groups is 1. The van der Waals surface area contributed by atoms with Gasteiger partial charge < -0.3 is 15.2 Å². The molecule has 0 rings (SSSR count). The molecule has 1 amide bonds. The van der Waals surface area contributed by atoms with Crippen LogP contribution in [-0.4, -0.2) is 61.4 Å². The molecule has 16 heavy (non-hydrogen) atoms. The van der Waals surface area contributed by atoms with Crippen LogP contribution >= 0.6 is 0 Å². The number of nitrogens with zero attached hydrogens (tertiary/aromatic N) is 1. The zero-order valence-electron chi connectivity index (χ0n) is 10.9. The summed E-state index contributed by atoms with van der Waals surface area (Å²) in [5, 5.41) is 12.4. The number of hydrogen-bond donors (Lipinski definition) is 2. The fourth-order valence-corrected chi connectivity index (χ4v) is 1.37. The summed E-state index contributed by atoms with van der Waals surface area (Å²) in [7, 11) is 3.41. The van der Waals surface area contributed by atoms with Gasteiger partial charge in [-0.1, -0.05) is 0 Å². The Labute approximate surface area is 97.8 Å². The van der Waals surface area contributed by atoms with Crippen molar-refractivity contribution in [1.82, 2.24) is 10.2 Å². The highest BCUT2D eigenvalue weighted by molar-refractivity contribution is 5.81. The summed E-state index contributed by atoms with van der Waals surface area (Å²) in [5.74, 6) is -0.0520. The molecule has 0 aromatic heterocycles. The van der Waals surface area contributed by atoms with Crippen LogP contribution in [-0.2, 0) is 9.53 Å². The molecule has 0 fully saturated rings. The quantitative estimate of drug-likeness (QED) is 0.599. The zero-order chi connectivity index (χ0) is 12.8. The van der Waals surface area contributed by atoms with Crippen molar-refractivity contribution in [1.29, 1.82) is 0 Å². The van der Waals surface area contributed by atoms with Crippen molar-refractivity contribution >= 4 is 5.91 Å². The van der Waals surface area contributed by atoms with Crippen molar-refractivity contribution in [2.45, 2.75) is 32.4 Å². The molecule has 0 heterocycles. The summed E-state index contributed by atoms with van der Waals surface area (Å²) in [6.07, 6.45) is 0. The number of carbonyl (C=O) groups excluding carboxylic acids is 1. The number of nitrogens with one attached hydrogen (secondary N) is 1. The summed E-state index contributed by atoms with van der Waals surface area (Å²) in [5.41, 5.74) is -0.796. The lowest BCUT2D eigenvalue weighted by molar-refractivity contribution is -0.126. The average Bonchev–Trinajstić information content (AvgIpc) is 2.14. The van der Waals surface area contributed by atoms with Gasteiger partial charge in [0.1, 0.15) is 0 Å². The van der Waals surface area contributed by atoms with E-state index >= 15 is 0 Å². The Kier molecular flexibility index (Phi) is 6.55. The van der Waals surface area contributed by atoms with E-state index in [0.29, 0.717) is 19.7 Å². The second-order valence-electron chi connectivity index (χ2n) is 4.69. The van der Waals surface area contributed by atoms with Gasteiger partial charge in [0.2, 0.25) is 5.91 Å². The summed E-state index contributed by atoms with van der Waals surface area (Å²) in [6, 6.07) is -0.261. The molecule has 0 aliphatic rings. The number of rotatable bonds is 7. The van der Waals surface area contributed by atoms with E-state index in [1.54, 1.807) is 21.0 Å². The van der Waals surface area contributed by atoms with Crippen molar-refractivity contribution in [3.8, 4) is 0 Å². The fourth-order valence-electron chi connectivity index (χ4n) is 1.37. The van der Waals surface area contributed by atoms with Crippen molar-refractivity contribution in [3.63, 3.8) is 0 Å². The monoisotopic (exact) mass is 232 g/mol. The number of aliphatic hydroxyl groups is 1. The maximum atomic E-state index is 11.7. The van der Waals surface area contributed by atoms with E-state index in [4.69, 9.17) is 4.74 Å². The third-order valence-corrected chi connectivity index (χ3v) is 2.28. The number of amides is 1. The van der Waals surface area contributed by atoms with Gasteiger partial charge in [-0.05, 0) is 27.8 Å². The van der Waals surface area contributed by atoms with Gasteiger partial charge in [0.15, 0.2) is 0 Å². The minimum atomic E-state index is -0.796. The normalized spacial score (nSPS) is 13.9. The molecule has 5 nitrogen and oxygen atoms in total. The van der Waals surface area contributed by atoms with Gasteiger partial charge in [-0.25, -0.2) is 0 Å². The van der Waals surface area contributed by atoms with Crippen LogP contribution in [0.2, 0.25) is 0 Å². The van der Waals surface area contributed by atoms with E-state index < -0.39 is 5.60 Å². The Balaban J connectivity index is 4.01. The highest BCUT2D eigenvalue weighted by atomic mass is 16.5. The molecule has 0 aliphatic carbocycles. The smallest absolute Gasteiger partial charge is 0.237 e. The minimum absolute atomic E-state index is 0.0520. The van der Waals surface area contributed by atoms with Gasteiger partial charge in [0, 0.05) is 20.2 Å². The summed E-state index contributed by atoms with van der Waals surface area (Å²) in [4.78, 5) is 13.5. The predicted molar refractivity (Wildman–Crippen MR) is 63.3 cm³/mol. The summed E-state index contributed by atoms with van der Waals surface area (Å²) < 4.78 is 4.84. The molecule has 2 N–H and O–H groups in total. The Morgan fingerprint density at radius 1 is 1.56 bits per heavy atom. The third-order valence-electron chi connectivity index (χ3n) is 2.28. The average molecular weight is 232 g/mol. The van der Waals surface area contributed by atoms with Gasteiger partial charge in [0.05, 0.1) is 18.2 Å². The van der Waals surface area contributed by atoms with Crippen molar-refractivity contribution in [2.75, 3.05) is 33.9 Å². The lowest BCUT2D eigenvalue weighted by Gasteiger charge is -2.29. The molecule has 0 aromatic rings. The molecular weight excluding hydrogens is 208 g/mol. The van der Waals surface area contributed by atoms with E-state index in [1.165, 1.54) is 0 Å². The van der Waals surface area contributed by atoms with E-state index in [-0.39, 0.29) is 11.9 Å². The van der Waals surface area contributed by atoms with Gasteiger partial charge in [-0.3, -0.25) is 9.69 Å². The highest BCUT2D eigenvalue weighted by Crippen LogP contribution is 2.06. The van der Waals surface area contributed by atoms with Crippen LogP contribution in [0, 0.1) is 0 Å². The number of likely N-dealkylation sites (N-methyl/N-ethyl adjacent to an activating group) is 1. The van der Waals surface area contributed by atoms with E-state index in [9.17, 15) is 9.90 Å². The van der Waals surface area contributed by atoms with Crippen LogP contribution < -0.4 is 5.32 Å². The predicted octanol–water partition coefficient (Wildman–Crippen LogP) is -0.160. The molecule has 0 bridgehead atoms. The molecule has 96 valence electrons. The lowest BCUT2D eigenvalue weighted by Crippen LogP contribution is -2.48. The van der Waals surface area contributed by atoms with Gasteiger partial charge in [0.25, 0.3) is 0 Å². The van der Waals surface area contributed by atoms with Crippen molar-refractivity contribution in [3.05, 3.63) is 0 Å². The lowest BCUT2D eigenvalue weighted by atomic mass is 10.1. The zero-order valence-corrected chi connectivity index (χ0v) is 10.9. The fraction of sp³-hybridized carbons (Fsp3) is 0.909. The van der Waals surface area contributed by atoms with Gasteiger partial charge in [-0.15, -0.1) is 0 Å².